The number of hydrogen-bond acceptors (Lipinski definition) is 4. The smallest absolute Gasteiger partial charge is 0.147 e. The summed E-state index contributed by atoms with van der Waals surface area (Å²) in [7, 11) is 0. The fraction of sp³-hybridized carbons (Fsp3) is 0.909. The first kappa shape index (κ1) is 33.8. The molecule has 0 aromatic rings. The van der Waals surface area contributed by atoms with Crippen LogP contribution >= 0.6 is 12.4 Å². The summed E-state index contributed by atoms with van der Waals surface area (Å²) in [5.41, 5.74) is 7.12. The van der Waals surface area contributed by atoms with Gasteiger partial charge in [0.25, 0.3) is 0 Å². The fourth-order valence-corrected chi connectivity index (χ4v) is 6.94. The van der Waals surface area contributed by atoms with Crippen LogP contribution in [0.4, 0.5) is 0 Å². The van der Waals surface area contributed by atoms with E-state index in [1.165, 1.54) is 0 Å². The van der Waals surface area contributed by atoms with Crippen molar-refractivity contribution in [1.29, 1.82) is 0 Å². The van der Waals surface area contributed by atoms with E-state index in [4.69, 9.17) is 9.98 Å². The van der Waals surface area contributed by atoms with Gasteiger partial charge in [-0.05, 0) is 0 Å². The van der Waals surface area contributed by atoms with Gasteiger partial charge in [-0.15, -0.1) is 12.4 Å². The Morgan fingerprint density at radius 2 is 0.906 bits per heavy atom. The summed E-state index contributed by atoms with van der Waals surface area (Å²) in [5.74, 6) is 1.96. The van der Waals surface area contributed by atoms with Crippen LogP contribution in [-0.2, 0) is 0 Å². The van der Waals surface area contributed by atoms with Crippen LogP contribution in [0.5, 0.6) is 0 Å². The minimum atomic E-state index is -1.60. The van der Waals surface area contributed by atoms with Crippen molar-refractivity contribution in [3.05, 3.63) is 0 Å². The van der Waals surface area contributed by atoms with Crippen molar-refractivity contribution in [2.75, 3.05) is 39.3 Å². The topological polar surface area (TPSA) is 61.7 Å². The van der Waals surface area contributed by atoms with E-state index in [2.05, 4.69) is 110 Å². The van der Waals surface area contributed by atoms with Crippen LogP contribution in [0.25, 0.3) is 0 Å². The average molecular weight is 578 g/mol. The van der Waals surface area contributed by atoms with Gasteiger partial charge in [0.2, 0.25) is 0 Å². The minimum absolute atomic E-state index is 0. The number of hydrazine groups is 2. The van der Waals surface area contributed by atoms with Gasteiger partial charge in [0.05, 0.1) is 0 Å². The number of rotatable bonds is 10. The normalized spacial score (nSPS) is 13.2. The van der Waals surface area contributed by atoms with E-state index in [0.717, 1.165) is 51.2 Å². The summed E-state index contributed by atoms with van der Waals surface area (Å²) in [4.78, 5) is 9.80. The van der Waals surface area contributed by atoms with E-state index in [0.29, 0.717) is 0 Å². The summed E-state index contributed by atoms with van der Waals surface area (Å²) in [6.07, 6.45) is 0. The van der Waals surface area contributed by atoms with Crippen LogP contribution in [-0.4, -0.2) is 102 Å². The Kier molecular flexibility index (Phi) is 17.2. The zero-order valence-electron chi connectivity index (χ0n) is 22.9. The molecule has 10 heteroatoms. The minimum Gasteiger partial charge on any atom is -0.147 e. The van der Waals surface area contributed by atoms with Crippen molar-refractivity contribution in [1.82, 2.24) is 26.6 Å². The first-order valence-electron chi connectivity index (χ1n) is 11.9. The van der Waals surface area contributed by atoms with Gasteiger partial charge in [0.1, 0.15) is 0 Å². The number of nitrogens with zero attached hydrogens (tertiary/aromatic N) is 6. The summed E-state index contributed by atoms with van der Waals surface area (Å²) in [5, 5.41) is 4.43. The molecule has 0 aromatic carbocycles. The number of guanidine groups is 2. The zero-order chi connectivity index (χ0) is 24.2. The van der Waals surface area contributed by atoms with E-state index in [1.807, 2.05) is 0 Å². The van der Waals surface area contributed by atoms with Crippen molar-refractivity contribution < 1.29 is 0 Å². The largest absolute Gasteiger partial charge is 0.147 e. The summed E-state index contributed by atoms with van der Waals surface area (Å²) in [6, 6.07) is 0. The third-order valence-corrected chi connectivity index (χ3v) is 11.9. The molecule has 0 amide bonds. The first-order chi connectivity index (χ1) is 14.4. The monoisotopic (exact) mass is 577 g/mol. The standard InChI is InChI=1S/2C11H25N4.ClH.In/c2*1-7-12-10(13-11(4,5)6)14-15(8-2)9-3;;/h2*7-9H2,1-6H3,(H-,12,13,14);1H;/q2*-1;;+2. The molecule has 0 heterocycles. The molecule has 189 valence electrons. The predicted octanol–water partition coefficient (Wildman–Crippen LogP) is 3.59. The number of halogens is 1. The molecule has 0 saturated carbocycles. The van der Waals surface area contributed by atoms with Crippen molar-refractivity contribution in [3.8, 4) is 0 Å². The predicted molar refractivity (Wildman–Crippen MR) is 144 cm³/mol. The zero-order valence-corrected chi connectivity index (χ0v) is 27.0. The maximum absolute atomic E-state index is 4.90. The molecule has 0 unspecified atom stereocenters. The van der Waals surface area contributed by atoms with E-state index >= 15 is 0 Å². The van der Waals surface area contributed by atoms with Crippen LogP contribution in [0.15, 0.2) is 9.98 Å². The quantitative estimate of drug-likeness (QED) is 0.235. The van der Waals surface area contributed by atoms with E-state index in [9.17, 15) is 0 Å². The molecule has 0 spiro atoms. The van der Waals surface area contributed by atoms with E-state index < -0.39 is 23.5 Å². The molecular formula is C22H51ClInN8. The van der Waals surface area contributed by atoms with Crippen LogP contribution in [0.1, 0.15) is 83.1 Å². The maximum atomic E-state index is 4.90. The summed E-state index contributed by atoms with van der Waals surface area (Å²) >= 11 is -1.60. The Labute approximate surface area is 217 Å². The Balaban J connectivity index is 0. The SMILES string of the molecule is CCN=C(NN(CC)CC)[N]([In][N](C(=NCC)NN(CC)CC)C(C)(C)C)C(C)(C)C.Cl. The third-order valence-electron chi connectivity index (χ3n) is 4.79. The number of aliphatic imine (C=N–C) groups is 2. The molecule has 0 saturated heterocycles. The van der Waals surface area contributed by atoms with E-state index in [-0.39, 0.29) is 23.5 Å². The van der Waals surface area contributed by atoms with Crippen LogP contribution in [0, 0.1) is 0 Å². The molecular weight excluding hydrogens is 527 g/mol. The molecule has 8 nitrogen and oxygen atoms in total. The Bertz CT molecular complexity index is 501. The molecule has 0 bridgehead atoms. The molecule has 1 radical (unpaired) electrons. The molecule has 0 aliphatic carbocycles. The van der Waals surface area contributed by atoms with Gasteiger partial charge in [-0.25, -0.2) is 0 Å². The molecule has 0 fully saturated rings. The first-order valence-corrected chi connectivity index (χ1v) is 14.9. The van der Waals surface area contributed by atoms with Gasteiger partial charge in [-0.2, -0.15) is 0 Å². The molecule has 0 aromatic heterocycles. The number of nitrogens with one attached hydrogen (secondary N) is 2. The van der Waals surface area contributed by atoms with E-state index in [1.54, 1.807) is 0 Å². The summed E-state index contributed by atoms with van der Waals surface area (Å²) in [6.45, 7) is 31.8. The van der Waals surface area contributed by atoms with Gasteiger partial charge >= 0.3 is 205 Å². The molecule has 0 atom stereocenters. The summed E-state index contributed by atoms with van der Waals surface area (Å²) < 4.78 is 5.06. The van der Waals surface area contributed by atoms with Crippen LogP contribution in [0.2, 0.25) is 0 Å². The van der Waals surface area contributed by atoms with Gasteiger partial charge in [0.15, 0.2) is 0 Å². The Hall–Kier alpha value is -0.380. The molecule has 2 N–H and O–H groups in total. The van der Waals surface area contributed by atoms with Crippen LogP contribution < -0.4 is 10.9 Å². The second-order valence-corrected chi connectivity index (χ2v) is 13.0. The van der Waals surface area contributed by atoms with Crippen molar-refractivity contribution in [3.63, 3.8) is 0 Å². The fourth-order valence-electron chi connectivity index (χ4n) is 2.88. The second kappa shape index (κ2) is 16.3. The molecule has 0 aliphatic heterocycles. The van der Waals surface area contributed by atoms with Gasteiger partial charge in [-0.3, -0.25) is 0 Å². The van der Waals surface area contributed by atoms with Crippen molar-refractivity contribution in [2.45, 2.75) is 94.2 Å². The number of hydrogen-bond donors (Lipinski definition) is 2. The van der Waals surface area contributed by atoms with Gasteiger partial charge < -0.3 is 0 Å². The van der Waals surface area contributed by atoms with Gasteiger partial charge in [0, 0.05) is 0 Å². The maximum Gasteiger partial charge on any atom is -0.147 e. The Morgan fingerprint density at radius 3 is 1.09 bits per heavy atom. The van der Waals surface area contributed by atoms with Gasteiger partial charge in [-0.1, -0.05) is 0 Å². The van der Waals surface area contributed by atoms with Crippen LogP contribution in [0.3, 0.4) is 0 Å². The molecule has 0 aliphatic rings. The Morgan fingerprint density at radius 1 is 0.625 bits per heavy atom. The molecule has 32 heavy (non-hydrogen) atoms. The average Bonchev–Trinajstić information content (AvgIpc) is 2.67. The second-order valence-electron chi connectivity index (χ2n) is 9.36. The van der Waals surface area contributed by atoms with Crippen molar-refractivity contribution >= 4 is 47.8 Å². The van der Waals surface area contributed by atoms with Crippen molar-refractivity contribution in [2.24, 2.45) is 9.98 Å². The third kappa shape index (κ3) is 11.7. The molecule has 0 rings (SSSR count).